The Labute approximate surface area is 141 Å². The second-order valence-corrected chi connectivity index (χ2v) is 5.58. The molecule has 0 spiro atoms. The molecule has 0 bridgehead atoms. The molecule has 0 saturated carbocycles. The molecule has 23 heavy (non-hydrogen) atoms. The highest BCUT2D eigenvalue weighted by atomic mass is 35.5. The van der Waals surface area contributed by atoms with Gasteiger partial charge in [-0.2, -0.15) is 5.26 Å². The maximum absolute atomic E-state index is 11.7. The summed E-state index contributed by atoms with van der Waals surface area (Å²) in [6.45, 7) is -0.795. The Morgan fingerprint density at radius 1 is 1.30 bits per heavy atom. The second-order valence-electron chi connectivity index (χ2n) is 4.23. The van der Waals surface area contributed by atoms with Gasteiger partial charge in [0.05, 0.1) is 5.56 Å². The van der Waals surface area contributed by atoms with Crippen molar-refractivity contribution >= 4 is 39.8 Å². The van der Waals surface area contributed by atoms with Crippen molar-refractivity contribution in [2.75, 3.05) is 18.5 Å². The monoisotopic (exact) mass is 350 g/mol. The van der Waals surface area contributed by atoms with E-state index in [0.29, 0.717) is 21.3 Å². The predicted molar refractivity (Wildman–Crippen MR) is 85.6 cm³/mol. The van der Waals surface area contributed by atoms with E-state index in [4.69, 9.17) is 26.3 Å². The molecule has 0 fully saturated rings. The van der Waals surface area contributed by atoms with Crippen LogP contribution in [0.4, 0.5) is 5.00 Å². The molecule has 118 valence electrons. The number of hydrogen-bond donors (Lipinski definition) is 1. The molecular weight excluding hydrogens is 340 g/mol. The molecule has 8 heteroatoms. The topological polar surface area (TPSA) is 88.4 Å². The lowest BCUT2D eigenvalue weighted by Crippen LogP contribution is -2.23. The lowest BCUT2D eigenvalue weighted by Gasteiger charge is -2.07. The van der Waals surface area contributed by atoms with Crippen LogP contribution in [0, 0.1) is 11.3 Å². The maximum Gasteiger partial charge on any atom is 0.344 e. The summed E-state index contributed by atoms with van der Waals surface area (Å²) < 4.78 is 9.98. The van der Waals surface area contributed by atoms with Crippen LogP contribution in [0.1, 0.15) is 5.56 Å². The van der Waals surface area contributed by atoms with Crippen LogP contribution in [0.5, 0.6) is 5.75 Å². The molecule has 0 saturated heterocycles. The summed E-state index contributed by atoms with van der Waals surface area (Å²) in [6.07, 6.45) is 0. The van der Waals surface area contributed by atoms with Crippen LogP contribution in [0.25, 0.3) is 0 Å². The SMILES string of the molecule is N#Cc1ccsc1NC(=O)COC(=O)COc1cccc(Cl)c1. The highest BCUT2D eigenvalue weighted by Crippen LogP contribution is 2.21. The van der Waals surface area contributed by atoms with Gasteiger partial charge in [0, 0.05) is 5.02 Å². The lowest BCUT2D eigenvalue weighted by atomic mass is 10.3. The van der Waals surface area contributed by atoms with E-state index in [1.54, 1.807) is 35.7 Å². The van der Waals surface area contributed by atoms with Gasteiger partial charge in [-0.15, -0.1) is 11.3 Å². The van der Waals surface area contributed by atoms with Gasteiger partial charge in [0.25, 0.3) is 5.91 Å². The quantitative estimate of drug-likeness (QED) is 0.809. The first kappa shape index (κ1) is 16.8. The number of rotatable bonds is 6. The molecule has 0 aliphatic carbocycles. The summed E-state index contributed by atoms with van der Waals surface area (Å²) in [4.78, 5) is 23.2. The lowest BCUT2D eigenvalue weighted by molar-refractivity contribution is -0.149. The number of nitrogens with one attached hydrogen (secondary N) is 1. The van der Waals surface area contributed by atoms with E-state index in [1.807, 2.05) is 6.07 Å². The predicted octanol–water partition coefficient (Wildman–Crippen LogP) is 2.83. The Bertz CT molecular complexity index is 754. The van der Waals surface area contributed by atoms with Crippen molar-refractivity contribution in [3.63, 3.8) is 0 Å². The number of esters is 1. The second kappa shape index (κ2) is 8.17. The van der Waals surface area contributed by atoms with E-state index in [9.17, 15) is 9.59 Å². The number of carbonyl (C=O) groups excluding carboxylic acids is 2. The Morgan fingerprint density at radius 2 is 2.13 bits per heavy atom. The number of thiophene rings is 1. The Hall–Kier alpha value is -2.56. The van der Waals surface area contributed by atoms with Crippen molar-refractivity contribution in [3.8, 4) is 11.8 Å². The summed E-state index contributed by atoms with van der Waals surface area (Å²) in [7, 11) is 0. The molecule has 0 unspecified atom stereocenters. The number of hydrogen-bond acceptors (Lipinski definition) is 6. The van der Waals surface area contributed by atoms with E-state index < -0.39 is 18.5 Å². The molecule has 2 aromatic rings. The number of carbonyl (C=O) groups is 2. The zero-order valence-electron chi connectivity index (χ0n) is 11.7. The summed E-state index contributed by atoms with van der Waals surface area (Å²) in [5, 5.41) is 13.9. The average Bonchev–Trinajstić information content (AvgIpc) is 2.98. The number of nitriles is 1. The molecule has 0 aliphatic heterocycles. The van der Waals surface area contributed by atoms with E-state index in [2.05, 4.69) is 5.32 Å². The zero-order chi connectivity index (χ0) is 16.7. The van der Waals surface area contributed by atoms with Gasteiger partial charge in [-0.05, 0) is 29.6 Å². The molecule has 1 amide bonds. The minimum Gasteiger partial charge on any atom is -0.482 e. The summed E-state index contributed by atoms with van der Waals surface area (Å²) >= 11 is 7.00. The largest absolute Gasteiger partial charge is 0.482 e. The molecular formula is C15H11ClN2O4S. The molecule has 0 radical (unpaired) electrons. The highest BCUT2D eigenvalue weighted by Gasteiger charge is 2.11. The molecule has 1 aromatic carbocycles. The highest BCUT2D eigenvalue weighted by molar-refractivity contribution is 7.14. The van der Waals surface area contributed by atoms with Crippen LogP contribution in [-0.4, -0.2) is 25.1 Å². The number of amides is 1. The fraction of sp³-hybridized carbons (Fsp3) is 0.133. The van der Waals surface area contributed by atoms with E-state index in [0.717, 1.165) is 0 Å². The third kappa shape index (κ3) is 5.29. The molecule has 1 N–H and O–H groups in total. The van der Waals surface area contributed by atoms with Crippen molar-refractivity contribution in [1.29, 1.82) is 5.26 Å². The summed E-state index contributed by atoms with van der Waals surface area (Å²) in [5.41, 5.74) is 0.360. The minimum absolute atomic E-state index is 0.337. The van der Waals surface area contributed by atoms with Crippen LogP contribution in [0.15, 0.2) is 35.7 Å². The van der Waals surface area contributed by atoms with Gasteiger partial charge >= 0.3 is 5.97 Å². The van der Waals surface area contributed by atoms with Crippen molar-refractivity contribution in [3.05, 3.63) is 46.3 Å². The Morgan fingerprint density at radius 3 is 2.87 bits per heavy atom. The summed E-state index contributed by atoms with van der Waals surface area (Å²) in [6, 6.07) is 10.1. The Kier molecular flexibility index (Phi) is 5.97. The fourth-order valence-corrected chi connectivity index (χ4v) is 2.48. The van der Waals surface area contributed by atoms with Crippen molar-refractivity contribution in [1.82, 2.24) is 0 Å². The van der Waals surface area contributed by atoms with Crippen LogP contribution in [0.3, 0.4) is 0 Å². The molecule has 2 rings (SSSR count). The first-order valence-electron chi connectivity index (χ1n) is 6.40. The molecule has 1 heterocycles. The number of anilines is 1. The summed E-state index contributed by atoms with van der Waals surface area (Å²) in [5.74, 6) is -0.789. The van der Waals surface area contributed by atoms with Gasteiger partial charge in [-0.25, -0.2) is 4.79 Å². The fourth-order valence-electron chi connectivity index (χ4n) is 1.54. The van der Waals surface area contributed by atoms with Crippen LogP contribution >= 0.6 is 22.9 Å². The van der Waals surface area contributed by atoms with E-state index >= 15 is 0 Å². The van der Waals surface area contributed by atoms with Crippen LogP contribution in [0.2, 0.25) is 5.02 Å². The number of benzene rings is 1. The molecule has 1 aromatic heterocycles. The van der Waals surface area contributed by atoms with Crippen molar-refractivity contribution < 1.29 is 19.1 Å². The van der Waals surface area contributed by atoms with Crippen LogP contribution in [-0.2, 0) is 14.3 Å². The van der Waals surface area contributed by atoms with Gasteiger partial charge in [0.2, 0.25) is 0 Å². The van der Waals surface area contributed by atoms with E-state index in [-0.39, 0.29) is 6.61 Å². The first-order chi connectivity index (χ1) is 11.1. The average molecular weight is 351 g/mol. The first-order valence-corrected chi connectivity index (χ1v) is 7.65. The van der Waals surface area contributed by atoms with Gasteiger partial charge in [-0.3, -0.25) is 4.79 Å². The van der Waals surface area contributed by atoms with Gasteiger partial charge in [0.15, 0.2) is 13.2 Å². The third-order valence-electron chi connectivity index (χ3n) is 2.56. The molecule has 0 atom stereocenters. The number of ether oxygens (including phenoxy) is 2. The normalized spacial score (nSPS) is 9.74. The number of nitrogens with zero attached hydrogens (tertiary/aromatic N) is 1. The van der Waals surface area contributed by atoms with Crippen molar-refractivity contribution in [2.24, 2.45) is 0 Å². The van der Waals surface area contributed by atoms with Crippen LogP contribution < -0.4 is 10.1 Å². The Balaban J connectivity index is 1.74. The smallest absolute Gasteiger partial charge is 0.344 e. The standard InChI is InChI=1S/C15H11ClN2O4S/c16-11-2-1-3-12(6-11)21-9-14(20)22-8-13(19)18-15-10(7-17)4-5-23-15/h1-6H,8-9H2,(H,18,19). The maximum atomic E-state index is 11.7. The van der Waals surface area contributed by atoms with Gasteiger partial charge in [-0.1, -0.05) is 17.7 Å². The molecule has 0 aliphatic rings. The van der Waals surface area contributed by atoms with Crippen molar-refractivity contribution in [2.45, 2.75) is 0 Å². The number of halogens is 1. The van der Waals surface area contributed by atoms with E-state index in [1.165, 1.54) is 11.3 Å². The molecule has 6 nitrogen and oxygen atoms in total. The minimum atomic E-state index is -0.688. The zero-order valence-corrected chi connectivity index (χ0v) is 13.3. The van der Waals surface area contributed by atoms with Gasteiger partial charge < -0.3 is 14.8 Å². The third-order valence-corrected chi connectivity index (χ3v) is 3.62. The van der Waals surface area contributed by atoms with Gasteiger partial charge in [0.1, 0.15) is 16.8 Å².